The van der Waals surface area contributed by atoms with Crippen LogP contribution in [0, 0.1) is 3.01 Å². The molecule has 0 saturated heterocycles. The number of hydrogen-bond donors (Lipinski definition) is 0. The van der Waals surface area contributed by atoms with E-state index in [-0.39, 0.29) is 0 Å². The van der Waals surface area contributed by atoms with Crippen molar-refractivity contribution in [1.82, 2.24) is 9.36 Å². The molecule has 1 aromatic carbocycles. The number of hydrogen-bond acceptors (Lipinski definition) is 4. The van der Waals surface area contributed by atoms with Gasteiger partial charge < -0.3 is 4.74 Å². The van der Waals surface area contributed by atoms with Gasteiger partial charge in [0.1, 0.15) is 11.6 Å². The van der Waals surface area contributed by atoms with Crippen molar-refractivity contribution in [3.63, 3.8) is 0 Å². The Labute approximate surface area is 106 Å². The molecule has 0 unspecified atom stereocenters. The van der Waals surface area contributed by atoms with E-state index in [1.807, 2.05) is 18.2 Å². The van der Waals surface area contributed by atoms with Crippen LogP contribution in [0.3, 0.4) is 0 Å². The summed E-state index contributed by atoms with van der Waals surface area (Å²) in [7, 11) is 1.67. The lowest BCUT2D eigenvalue weighted by molar-refractivity contribution is 0.414. The van der Waals surface area contributed by atoms with E-state index in [0.29, 0.717) is 0 Å². The fourth-order valence-electron chi connectivity index (χ4n) is 1.27. The van der Waals surface area contributed by atoms with E-state index in [2.05, 4.69) is 38.0 Å². The topological polar surface area (TPSA) is 35.0 Å². The van der Waals surface area contributed by atoms with Crippen LogP contribution in [0.25, 0.3) is 0 Å². The van der Waals surface area contributed by atoms with Crippen molar-refractivity contribution >= 4 is 34.1 Å². The molecule has 0 atom stereocenters. The molecule has 5 heteroatoms. The Kier molecular flexibility index (Phi) is 3.53. The minimum Gasteiger partial charge on any atom is -0.497 e. The Bertz CT molecular complexity index is 458. The zero-order chi connectivity index (χ0) is 10.7. The highest BCUT2D eigenvalue weighted by Gasteiger charge is 2.03. The van der Waals surface area contributed by atoms with Crippen molar-refractivity contribution in [2.75, 3.05) is 7.11 Å². The number of aromatic nitrogens is 2. The van der Waals surface area contributed by atoms with Crippen LogP contribution < -0.4 is 4.74 Å². The zero-order valence-electron chi connectivity index (χ0n) is 8.11. The van der Waals surface area contributed by atoms with Gasteiger partial charge in [0.25, 0.3) is 0 Å². The molecule has 1 heterocycles. The average molecular weight is 332 g/mol. The standard InChI is InChI=1S/C10H9IN2OS/c1-14-8-4-2-3-7(5-8)6-9-12-10(11)15-13-9/h2-5H,6H2,1H3. The smallest absolute Gasteiger partial charge is 0.173 e. The number of halogens is 1. The SMILES string of the molecule is COc1cccc(Cc2nsc(I)n2)c1. The van der Waals surface area contributed by atoms with E-state index in [1.165, 1.54) is 17.1 Å². The third kappa shape index (κ3) is 2.88. The second-order valence-corrected chi connectivity index (χ2v) is 5.50. The highest BCUT2D eigenvalue weighted by molar-refractivity contribution is 14.1. The lowest BCUT2D eigenvalue weighted by atomic mass is 10.1. The Morgan fingerprint density at radius 1 is 1.47 bits per heavy atom. The van der Waals surface area contributed by atoms with Crippen LogP contribution in [0.2, 0.25) is 0 Å². The molecule has 2 aromatic rings. The first-order chi connectivity index (χ1) is 7.28. The van der Waals surface area contributed by atoms with E-state index in [1.54, 1.807) is 7.11 Å². The van der Waals surface area contributed by atoms with Gasteiger partial charge in [0.2, 0.25) is 0 Å². The van der Waals surface area contributed by atoms with Crippen LogP contribution in [0.4, 0.5) is 0 Å². The van der Waals surface area contributed by atoms with Crippen molar-refractivity contribution in [2.24, 2.45) is 0 Å². The second-order valence-electron chi connectivity index (χ2n) is 2.99. The van der Waals surface area contributed by atoms with Crippen LogP contribution in [0.5, 0.6) is 5.75 Å². The number of nitrogens with zero attached hydrogens (tertiary/aromatic N) is 2. The van der Waals surface area contributed by atoms with Gasteiger partial charge >= 0.3 is 0 Å². The summed E-state index contributed by atoms with van der Waals surface area (Å²) in [6, 6.07) is 7.97. The lowest BCUT2D eigenvalue weighted by Gasteiger charge is -2.01. The fraction of sp³-hybridized carbons (Fsp3) is 0.200. The van der Waals surface area contributed by atoms with Gasteiger partial charge in [-0.2, -0.15) is 4.37 Å². The molecule has 0 spiro atoms. The summed E-state index contributed by atoms with van der Waals surface area (Å²) >= 11 is 3.61. The van der Waals surface area contributed by atoms with Crippen LogP contribution in [-0.2, 0) is 6.42 Å². The zero-order valence-corrected chi connectivity index (χ0v) is 11.1. The van der Waals surface area contributed by atoms with Gasteiger partial charge in [0, 0.05) is 6.42 Å². The summed E-state index contributed by atoms with van der Waals surface area (Å²) in [4.78, 5) is 4.31. The Balaban J connectivity index is 2.16. The minimum atomic E-state index is 0.761. The van der Waals surface area contributed by atoms with Gasteiger partial charge in [-0.05, 0) is 51.8 Å². The van der Waals surface area contributed by atoms with Crippen molar-refractivity contribution in [3.05, 3.63) is 38.7 Å². The molecule has 2 rings (SSSR count). The summed E-state index contributed by atoms with van der Waals surface area (Å²) in [5.74, 6) is 1.75. The first-order valence-corrected chi connectivity index (χ1v) is 6.24. The number of ether oxygens (including phenoxy) is 1. The van der Waals surface area contributed by atoms with E-state index < -0.39 is 0 Å². The Morgan fingerprint density at radius 3 is 3.00 bits per heavy atom. The molecule has 1 aromatic heterocycles. The maximum absolute atomic E-state index is 5.16. The predicted molar refractivity (Wildman–Crippen MR) is 68.4 cm³/mol. The summed E-state index contributed by atoms with van der Waals surface area (Å²) in [6.07, 6.45) is 0.761. The van der Waals surface area contributed by atoms with Crippen LogP contribution in [0.15, 0.2) is 24.3 Å². The van der Waals surface area contributed by atoms with Gasteiger partial charge in [-0.3, -0.25) is 0 Å². The number of benzene rings is 1. The van der Waals surface area contributed by atoms with E-state index in [9.17, 15) is 0 Å². The van der Waals surface area contributed by atoms with Gasteiger partial charge in [-0.25, -0.2) is 4.98 Å². The van der Waals surface area contributed by atoms with E-state index in [4.69, 9.17) is 4.74 Å². The third-order valence-electron chi connectivity index (χ3n) is 1.94. The maximum Gasteiger partial charge on any atom is 0.173 e. The molecule has 0 radical (unpaired) electrons. The molecule has 78 valence electrons. The third-order valence-corrected chi connectivity index (χ3v) is 3.32. The average Bonchev–Trinajstić information content (AvgIpc) is 2.64. The van der Waals surface area contributed by atoms with E-state index >= 15 is 0 Å². The normalized spacial score (nSPS) is 10.3. The second kappa shape index (κ2) is 4.89. The first kappa shape index (κ1) is 10.8. The summed E-state index contributed by atoms with van der Waals surface area (Å²) in [5, 5.41) is 0. The van der Waals surface area contributed by atoms with Crippen molar-refractivity contribution < 1.29 is 4.74 Å². The molecule has 0 bridgehead atoms. The minimum absolute atomic E-state index is 0.761. The first-order valence-electron chi connectivity index (χ1n) is 4.39. The van der Waals surface area contributed by atoms with E-state index in [0.717, 1.165) is 21.0 Å². The molecule has 3 nitrogen and oxygen atoms in total. The molecule has 0 amide bonds. The van der Waals surface area contributed by atoms with Crippen LogP contribution in [-0.4, -0.2) is 16.5 Å². The summed E-state index contributed by atoms with van der Waals surface area (Å²) in [5.41, 5.74) is 1.17. The van der Waals surface area contributed by atoms with Gasteiger partial charge in [0.15, 0.2) is 3.01 Å². The fourth-order valence-corrected chi connectivity index (χ4v) is 2.28. The van der Waals surface area contributed by atoms with Crippen molar-refractivity contribution in [1.29, 1.82) is 0 Å². The quantitative estimate of drug-likeness (QED) is 0.811. The number of methoxy groups -OCH3 is 1. The Hall–Kier alpha value is -0.690. The van der Waals surface area contributed by atoms with Gasteiger partial charge in [-0.15, -0.1) is 0 Å². The molecular formula is C10H9IN2OS. The summed E-state index contributed by atoms with van der Waals surface area (Å²) < 4.78 is 10.4. The summed E-state index contributed by atoms with van der Waals surface area (Å²) in [6.45, 7) is 0. The molecule has 0 saturated carbocycles. The van der Waals surface area contributed by atoms with Gasteiger partial charge in [0.05, 0.1) is 7.11 Å². The maximum atomic E-state index is 5.16. The predicted octanol–water partition coefficient (Wildman–Crippen LogP) is 2.74. The van der Waals surface area contributed by atoms with Crippen molar-refractivity contribution in [2.45, 2.75) is 6.42 Å². The molecule has 0 aliphatic rings. The molecule has 15 heavy (non-hydrogen) atoms. The number of rotatable bonds is 3. The lowest BCUT2D eigenvalue weighted by Crippen LogP contribution is -1.91. The molecule has 0 aliphatic carbocycles. The Morgan fingerprint density at radius 2 is 2.33 bits per heavy atom. The van der Waals surface area contributed by atoms with Crippen molar-refractivity contribution in [3.8, 4) is 5.75 Å². The molecular weight excluding hydrogens is 323 g/mol. The van der Waals surface area contributed by atoms with Crippen LogP contribution in [0.1, 0.15) is 11.4 Å². The van der Waals surface area contributed by atoms with Crippen LogP contribution >= 0.6 is 34.1 Å². The highest BCUT2D eigenvalue weighted by Crippen LogP contribution is 2.16. The highest BCUT2D eigenvalue weighted by atomic mass is 127. The van der Waals surface area contributed by atoms with Gasteiger partial charge in [-0.1, -0.05) is 12.1 Å². The molecule has 0 N–H and O–H groups in total. The molecule has 0 aliphatic heterocycles. The largest absolute Gasteiger partial charge is 0.497 e. The molecule has 0 fully saturated rings. The monoisotopic (exact) mass is 332 g/mol.